The van der Waals surface area contributed by atoms with Crippen LogP contribution in [0.25, 0.3) is 0 Å². The van der Waals surface area contributed by atoms with Crippen molar-refractivity contribution in [3.05, 3.63) is 53.3 Å². The predicted octanol–water partition coefficient (Wildman–Crippen LogP) is 1.76. The zero-order valence-corrected chi connectivity index (χ0v) is 11.1. The third-order valence-corrected chi connectivity index (χ3v) is 3.59. The third kappa shape index (κ3) is 2.34. The van der Waals surface area contributed by atoms with E-state index >= 15 is 0 Å². The molecule has 0 aliphatic carbocycles. The van der Waals surface area contributed by atoms with Crippen molar-refractivity contribution in [2.75, 3.05) is 6.61 Å². The summed E-state index contributed by atoms with van der Waals surface area (Å²) in [6, 6.07) is 10.1. The Hall–Kier alpha value is -2.43. The van der Waals surface area contributed by atoms with Crippen LogP contribution < -0.4 is 10.5 Å². The van der Waals surface area contributed by atoms with E-state index in [-0.39, 0.29) is 5.84 Å². The highest BCUT2D eigenvalue weighted by Gasteiger charge is 2.12. The van der Waals surface area contributed by atoms with Crippen LogP contribution in [-0.4, -0.2) is 22.2 Å². The molecule has 0 amide bonds. The summed E-state index contributed by atoms with van der Waals surface area (Å²) in [4.78, 5) is 0. The Morgan fingerprint density at radius 3 is 3.15 bits per heavy atom. The number of amidine groups is 1. The van der Waals surface area contributed by atoms with Gasteiger partial charge in [-0.15, -0.1) is 0 Å². The van der Waals surface area contributed by atoms with E-state index in [1.54, 1.807) is 0 Å². The first-order chi connectivity index (χ1) is 9.78. The second-order valence-corrected chi connectivity index (χ2v) is 4.86. The quantitative estimate of drug-likeness (QED) is 0.385. The Balaban J connectivity index is 1.72. The molecular weight excluding hydrogens is 254 g/mol. The van der Waals surface area contributed by atoms with Crippen LogP contribution >= 0.6 is 0 Å². The molecule has 0 atom stereocenters. The lowest BCUT2D eigenvalue weighted by Crippen LogP contribution is -2.18. The van der Waals surface area contributed by atoms with E-state index in [1.165, 1.54) is 11.1 Å². The Bertz CT molecular complexity index is 646. The SMILES string of the molecule is N/C(=N/O)c1cccn1CCc1ccc2c(c1)CCO2. The Morgan fingerprint density at radius 1 is 1.40 bits per heavy atom. The molecular formula is C15H17N3O2. The lowest BCUT2D eigenvalue weighted by atomic mass is 10.1. The number of aromatic nitrogens is 1. The van der Waals surface area contributed by atoms with E-state index in [0.717, 1.165) is 37.4 Å². The van der Waals surface area contributed by atoms with Gasteiger partial charge in [-0.05, 0) is 35.7 Å². The highest BCUT2D eigenvalue weighted by Crippen LogP contribution is 2.26. The molecule has 1 aliphatic heterocycles. The summed E-state index contributed by atoms with van der Waals surface area (Å²) in [5, 5.41) is 11.8. The predicted molar refractivity (Wildman–Crippen MR) is 76.3 cm³/mol. The number of benzene rings is 1. The van der Waals surface area contributed by atoms with Crippen molar-refractivity contribution in [1.29, 1.82) is 0 Å². The zero-order chi connectivity index (χ0) is 13.9. The number of fused-ring (bicyclic) bond motifs is 1. The highest BCUT2D eigenvalue weighted by molar-refractivity contribution is 5.95. The Kier molecular flexibility index (Phi) is 3.33. The van der Waals surface area contributed by atoms with Gasteiger partial charge in [-0.3, -0.25) is 0 Å². The highest BCUT2D eigenvalue weighted by atomic mass is 16.5. The molecule has 104 valence electrons. The Morgan fingerprint density at radius 2 is 2.30 bits per heavy atom. The molecule has 3 N–H and O–H groups in total. The number of hydrogen-bond acceptors (Lipinski definition) is 3. The van der Waals surface area contributed by atoms with Gasteiger partial charge in [-0.25, -0.2) is 0 Å². The minimum atomic E-state index is 0.136. The first-order valence-electron chi connectivity index (χ1n) is 6.65. The van der Waals surface area contributed by atoms with E-state index in [2.05, 4.69) is 17.3 Å². The molecule has 3 rings (SSSR count). The van der Waals surface area contributed by atoms with Gasteiger partial charge in [-0.1, -0.05) is 17.3 Å². The maximum atomic E-state index is 8.76. The van der Waals surface area contributed by atoms with Gasteiger partial charge in [0.25, 0.3) is 0 Å². The van der Waals surface area contributed by atoms with Crippen LogP contribution in [0.5, 0.6) is 5.75 Å². The average Bonchev–Trinajstić information content (AvgIpc) is 3.12. The molecule has 0 radical (unpaired) electrons. The van der Waals surface area contributed by atoms with Crippen LogP contribution in [0.4, 0.5) is 0 Å². The first kappa shape index (κ1) is 12.6. The summed E-state index contributed by atoms with van der Waals surface area (Å²) in [5.41, 5.74) is 8.93. The van der Waals surface area contributed by atoms with Crippen LogP contribution in [0.3, 0.4) is 0 Å². The van der Waals surface area contributed by atoms with E-state index in [9.17, 15) is 0 Å². The van der Waals surface area contributed by atoms with Crippen LogP contribution in [0.1, 0.15) is 16.8 Å². The topological polar surface area (TPSA) is 72.8 Å². The maximum absolute atomic E-state index is 8.76. The number of aryl methyl sites for hydroxylation is 2. The van der Waals surface area contributed by atoms with E-state index in [0.29, 0.717) is 0 Å². The van der Waals surface area contributed by atoms with Gasteiger partial charge in [0.2, 0.25) is 0 Å². The van der Waals surface area contributed by atoms with E-state index in [1.807, 2.05) is 29.0 Å². The fraction of sp³-hybridized carbons (Fsp3) is 0.267. The van der Waals surface area contributed by atoms with Gasteiger partial charge in [0.1, 0.15) is 5.75 Å². The molecule has 20 heavy (non-hydrogen) atoms. The maximum Gasteiger partial charge on any atom is 0.186 e. The molecule has 5 heteroatoms. The second-order valence-electron chi connectivity index (χ2n) is 4.86. The zero-order valence-electron chi connectivity index (χ0n) is 11.1. The van der Waals surface area contributed by atoms with Crippen molar-refractivity contribution in [3.63, 3.8) is 0 Å². The number of hydrogen-bond donors (Lipinski definition) is 2. The van der Waals surface area contributed by atoms with Gasteiger partial charge in [0.15, 0.2) is 5.84 Å². The smallest absolute Gasteiger partial charge is 0.186 e. The molecule has 1 aromatic heterocycles. The van der Waals surface area contributed by atoms with Gasteiger partial charge in [-0.2, -0.15) is 0 Å². The number of oxime groups is 1. The standard InChI is InChI=1S/C15H17N3O2/c16-15(17-19)13-2-1-7-18(13)8-5-11-3-4-14-12(10-11)6-9-20-14/h1-4,7,10,19H,5-6,8-9H2,(H2,16,17). The second kappa shape index (κ2) is 5.28. The minimum Gasteiger partial charge on any atom is -0.493 e. The molecule has 1 aromatic carbocycles. The number of nitrogens with zero attached hydrogens (tertiary/aromatic N) is 2. The molecule has 0 bridgehead atoms. The summed E-state index contributed by atoms with van der Waals surface area (Å²) in [6.45, 7) is 1.57. The fourth-order valence-corrected chi connectivity index (χ4v) is 2.54. The largest absolute Gasteiger partial charge is 0.493 e. The van der Waals surface area contributed by atoms with Crippen LogP contribution in [0, 0.1) is 0 Å². The molecule has 0 fully saturated rings. The average molecular weight is 271 g/mol. The van der Waals surface area contributed by atoms with Crippen molar-refractivity contribution in [3.8, 4) is 5.75 Å². The summed E-state index contributed by atoms with van der Waals surface area (Å²) in [6.07, 6.45) is 3.82. The Labute approximate surface area is 117 Å². The van der Waals surface area contributed by atoms with Gasteiger partial charge in [0, 0.05) is 19.2 Å². The fourth-order valence-electron chi connectivity index (χ4n) is 2.54. The first-order valence-corrected chi connectivity index (χ1v) is 6.65. The van der Waals surface area contributed by atoms with Gasteiger partial charge < -0.3 is 20.2 Å². The molecule has 0 saturated heterocycles. The van der Waals surface area contributed by atoms with Crippen molar-refractivity contribution in [2.24, 2.45) is 10.9 Å². The molecule has 0 saturated carbocycles. The number of ether oxygens (including phenoxy) is 1. The summed E-state index contributed by atoms with van der Waals surface area (Å²) in [7, 11) is 0. The van der Waals surface area contributed by atoms with Crippen molar-refractivity contribution < 1.29 is 9.94 Å². The van der Waals surface area contributed by atoms with Crippen LogP contribution in [0.2, 0.25) is 0 Å². The van der Waals surface area contributed by atoms with Crippen molar-refractivity contribution in [1.82, 2.24) is 4.57 Å². The molecule has 1 aliphatic rings. The molecule has 5 nitrogen and oxygen atoms in total. The van der Waals surface area contributed by atoms with Gasteiger partial charge in [0.05, 0.1) is 12.3 Å². The van der Waals surface area contributed by atoms with Crippen molar-refractivity contribution >= 4 is 5.84 Å². The minimum absolute atomic E-state index is 0.136. The lowest BCUT2D eigenvalue weighted by molar-refractivity contribution is 0.318. The normalized spacial score (nSPS) is 14.1. The third-order valence-electron chi connectivity index (χ3n) is 3.59. The lowest BCUT2D eigenvalue weighted by Gasteiger charge is -2.09. The monoisotopic (exact) mass is 271 g/mol. The van der Waals surface area contributed by atoms with Gasteiger partial charge >= 0.3 is 0 Å². The van der Waals surface area contributed by atoms with E-state index < -0.39 is 0 Å². The number of rotatable bonds is 4. The summed E-state index contributed by atoms with van der Waals surface area (Å²) < 4.78 is 7.49. The number of nitrogens with two attached hydrogens (primary N) is 1. The molecule has 2 aromatic rings. The molecule has 0 spiro atoms. The molecule has 2 heterocycles. The van der Waals surface area contributed by atoms with E-state index in [4.69, 9.17) is 15.7 Å². The van der Waals surface area contributed by atoms with Crippen molar-refractivity contribution in [2.45, 2.75) is 19.4 Å². The van der Waals surface area contributed by atoms with Crippen LogP contribution in [0.15, 0.2) is 41.7 Å². The summed E-state index contributed by atoms with van der Waals surface area (Å²) >= 11 is 0. The summed E-state index contributed by atoms with van der Waals surface area (Å²) in [5.74, 6) is 1.14. The molecule has 0 unspecified atom stereocenters. The van der Waals surface area contributed by atoms with Crippen LogP contribution in [-0.2, 0) is 19.4 Å².